The van der Waals surface area contributed by atoms with Crippen LogP contribution in [0.1, 0.15) is 13.8 Å². The van der Waals surface area contributed by atoms with Crippen molar-refractivity contribution in [1.82, 2.24) is 4.98 Å². The molecule has 0 amide bonds. The number of hydrogen-bond acceptors (Lipinski definition) is 6. The van der Waals surface area contributed by atoms with Crippen molar-refractivity contribution in [3.63, 3.8) is 0 Å². The molecule has 0 unspecified atom stereocenters. The van der Waals surface area contributed by atoms with Crippen LogP contribution in [0.5, 0.6) is 5.88 Å². The molecule has 1 aliphatic rings. The number of nitrogens with one attached hydrogen (secondary N) is 1. The van der Waals surface area contributed by atoms with Gasteiger partial charge in [0.15, 0.2) is 11.5 Å². The van der Waals surface area contributed by atoms with Crippen molar-refractivity contribution in [1.29, 1.82) is 0 Å². The van der Waals surface area contributed by atoms with E-state index in [9.17, 15) is 10.1 Å². The largest absolute Gasteiger partial charge is 1.00 e. The van der Waals surface area contributed by atoms with Crippen LogP contribution in [-0.2, 0) is 9.47 Å². The van der Waals surface area contributed by atoms with E-state index in [1.807, 2.05) is 0 Å². The Hall–Kier alpha value is -0.125. The number of pyridine rings is 1. The minimum absolute atomic E-state index is 0. The van der Waals surface area contributed by atoms with Crippen LogP contribution in [0.2, 0.25) is 0 Å². The molecule has 1 aromatic rings. The monoisotopic (exact) mass is 367 g/mol. The Morgan fingerprint density at radius 3 is 2.67 bits per heavy atom. The summed E-state index contributed by atoms with van der Waals surface area (Å²) >= 11 is 0. The Morgan fingerprint density at radius 2 is 2.14 bits per heavy atom. The van der Waals surface area contributed by atoms with Crippen molar-refractivity contribution < 1.29 is 77.3 Å². The SMILES string of the molecule is COc1[c-]cc([N+](=O)[O-])c(=NC2COC(C)(C)OC2)[nH]1.[Rb+]. The van der Waals surface area contributed by atoms with Crippen LogP contribution >= 0.6 is 0 Å². The molecule has 1 fully saturated rings. The fourth-order valence-electron chi connectivity index (χ4n) is 1.70. The van der Waals surface area contributed by atoms with Gasteiger partial charge in [0.25, 0.3) is 0 Å². The summed E-state index contributed by atoms with van der Waals surface area (Å²) in [6, 6.07) is 3.53. The number of hydrogen-bond donors (Lipinski definition) is 1. The number of aromatic nitrogens is 1. The van der Waals surface area contributed by atoms with E-state index in [1.165, 1.54) is 13.2 Å². The van der Waals surface area contributed by atoms with Crippen molar-refractivity contribution in [2.45, 2.75) is 25.7 Å². The smallest absolute Gasteiger partial charge is 0.499 e. The number of aromatic amines is 1. The quantitative estimate of drug-likeness (QED) is 0.371. The first-order valence-corrected chi connectivity index (χ1v) is 6.06. The van der Waals surface area contributed by atoms with Crippen LogP contribution in [0.3, 0.4) is 0 Å². The molecule has 9 heteroatoms. The second-order valence-electron chi connectivity index (χ2n) is 4.74. The van der Waals surface area contributed by atoms with Crippen molar-refractivity contribution in [2.24, 2.45) is 4.99 Å². The molecule has 1 saturated heterocycles. The molecule has 1 aromatic heterocycles. The molecule has 1 aliphatic heterocycles. The molecule has 0 bridgehead atoms. The average Bonchev–Trinajstić information content (AvgIpc) is 2.40. The van der Waals surface area contributed by atoms with Crippen molar-refractivity contribution >= 4 is 5.69 Å². The third kappa shape index (κ3) is 5.22. The van der Waals surface area contributed by atoms with E-state index >= 15 is 0 Å². The first-order chi connectivity index (χ1) is 9.41. The van der Waals surface area contributed by atoms with Gasteiger partial charge >= 0.3 is 58.2 Å². The van der Waals surface area contributed by atoms with Crippen LogP contribution in [0.15, 0.2) is 11.1 Å². The Bertz CT molecular complexity index is 562. The molecule has 8 nitrogen and oxygen atoms in total. The van der Waals surface area contributed by atoms with E-state index < -0.39 is 10.7 Å². The summed E-state index contributed by atoms with van der Waals surface area (Å²) < 4.78 is 15.9. The maximum Gasteiger partial charge on any atom is 1.00 e. The minimum Gasteiger partial charge on any atom is -0.499 e. The van der Waals surface area contributed by atoms with E-state index in [2.05, 4.69) is 16.0 Å². The van der Waals surface area contributed by atoms with Gasteiger partial charge in [-0.1, -0.05) is 0 Å². The van der Waals surface area contributed by atoms with E-state index in [0.29, 0.717) is 13.2 Å². The predicted octanol–water partition coefficient (Wildman–Crippen LogP) is -2.21. The zero-order chi connectivity index (χ0) is 14.8. The molecular weight excluding hydrogens is 352 g/mol. The molecule has 0 aromatic carbocycles. The van der Waals surface area contributed by atoms with Gasteiger partial charge < -0.3 is 19.2 Å². The van der Waals surface area contributed by atoms with E-state index in [1.54, 1.807) is 13.8 Å². The molecule has 0 radical (unpaired) electrons. The summed E-state index contributed by atoms with van der Waals surface area (Å²) in [4.78, 5) is 17.4. The van der Waals surface area contributed by atoms with Crippen LogP contribution in [-0.4, -0.2) is 42.1 Å². The van der Waals surface area contributed by atoms with Gasteiger partial charge in [0.1, 0.15) is 5.49 Å². The van der Waals surface area contributed by atoms with Crippen molar-refractivity contribution in [3.8, 4) is 5.88 Å². The van der Waals surface area contributed by atoms with Gasteiger partial charge in [0.2, 0.25) is 0 Å². The molecule has 2 heterocycles. The standard InChI is InChI=1S/C12H16N3O5.Rb/c1-12(2)19-6-8(7-20-12)13-11-9(15(16)17)4-5-10(14-11)18-3;/h4,8H,6-7H2,1-3H3,(H,13,14);/q-1;+1. The summed E-state index contributed by atoms with van der Waals surface area (Å²) in [7, 11) is 1.44. The molecule has 2 rings (SSSR count). The molecule has 21 heavy (non-hydrogen) atoms. The average molecular weight is 368 g/mol. The topological polar surface area (TPSA) is 99.0 Å². The Balaban J connectivity index is 0.00000220. The number of rotatable bonds is 3. The van der Waals surface area contributed by atoms with Gasteiger partial charge in [-0.15, -0.1) is 0 Å². The number of nitrogens with zero attached hydrogens (tertiary/aromatic N) is 2. The van der Waals surface area contributed by atoms with Crippen LogP contribution in [0, 0.1) is 16.2 Å². The number of ether oxygens (including phenoxy) is 3. The molecule has 0 saturated carbocycles. The summed E-state index contributed by atoms with van der Waals surface area (Å²) in [6.07, 6.45) is 0. The second kappa shape index (κ2) is 7.93. The third-order valence-electron chi connectivity index (χ3n) is 2.77. The van der Waals surface area contributed by atoms with Gasteiger partial charge in [-0.05, 0) is 18.8 Å². The Kier molecular flexibility index (Phi) is 7.15. The fourth-order valence-corrected chi connectivity index (χ4v) is 1.70. The van der Waals surface area contributed by atoms with E-state index in [0.717, 1.165) is 0 Å². The van der Waals surface area contributed by atoms with Crippen LogP contribution in [0.25, 0.3) is 0 Å². The summed E-state index contributed by atoms with van der Waals surface area (Å²) in [5, 5.41) is 11.0. The van der Waals surface area contributed by atoms with Crippen molar-refractivity contribution in [3.05, 3.63) is 27.7 Å². The Morgan fingerprint density at radius 1 is 1.52 bits per heavy atom. The summed E-state index contributed by atoms with van der Waals surface area (Å²) in [6.45, 7) is 4.27. The predicted molar refractivity (Wildman–Crippen MR) is 68.2 cm³/mol. The second-order valence-corrected chi connectivity index (χ2v) is 4.74. The fraction of sp³-hybridized carbons (Fsp3) is 0.583. The number of H-pyrrole nitrogens is 1. The minimum atomic E-state index is -0.649. The molecular formula is C12H16N3O5Rb. The normalized spacial score (nSPS) is 18.9. The summed E-state index contributed by atoms with van der Waals surface area (Å²) in [5.74, 6) is -0.378. The molecule has 0 aliphatic carbocycles. The van der Waals surface area contributed by atoms with Crippen molar-refractivity contribution in [2.75, 3.05) is 20.3 Å². The Labute approximate surface area is 170 Å². The van der Waals surface area contributed by atoms with Crippen LogP contribution < -0.4 is 68.4 Å². The molecule has 1 N–H and O–H groups in total. The summed E-state index contributed by atoms with van der Waals surface area (Å²) in [5.41, 5.74) is -0.0573. The van der Waals surface area contributed by atoms with Gasteiger partial charge in [0.05, 0.1) is 32.2 Å². The third-order valence-corrected chi connectivity index (χ3v) is 2.77. The first-order valence-electron chi connectivity index (χ1n) is 6.06. The number of methoxy groups -OCH3 is 1. The van der Waals surface area contributed by atoms with E-state index in [-0.39, 0.29) is 81.3 Å². The van der Waals surface area contributed by atoms with Crippen LogP contribution in [0.4, 0.5) is 5.69 Å². The molecule has 0 spiro atoms. The van der Waals surface area contributed by atoms with Gasteiger partial charge in [0, 0.05) is 0 Å². The maximum absolute atomic E-state index is 11.0. The maximum atomic E-state index is 11.0. The zero-order valence-electron chi connectivity index (χ0n) is 12.5. The van der Waals surface area contributed by atoms with E-state index in [4.69, 9.17) is 14.2 Å². The molecule has 110 valence electrons. The first kappa shape index (κ1) is 18.9. The van der Waals surface area contributed by atoms with Gasteiger partial charge in [-0.2, -0.15) is 12.1 Å². The molecule has 0 atom stereocenters. The van der Waals surface area contributed by atoms with Gasteiger partial charge in [-0.25, -0.2) is 0 Å². The van der Waals surface area contributed by atoms with Gasteiger partial charge in [-0.3, -0.25) is 15.1 Å². The zero-order valence-corrected chi connectivity index (χ0v) is 17.4. The number of nitro groups is 1.